The maximum Gasteiger partial charge on any atom is 0.303 e. The summed E-state index contributed by atoms with van der Waals surface area (Å²) in [7, 11) is 0. The van der Waals surface area contributed by atoms with Crippen LogP contribution in [0.5, 0.6) is 0 Å². The molecule has 2 N–H and O–H groups in total. The Hall–Kier alpha value is -3.28. The number of hydrogen-bond donors (Lipinski definition) is 2. The van der Waals surface area contributed by atoms with Crippen molar-refractivity contribution >= 4 is 30.0 Å². The first-order chi connectivity index (χ1) is 17.9. The largest absolute Gasteiger partial charge is 0.463 e. The molecule has 2 aliphatic rings. The van der Waals surface area contributed by atoms with Crippen molar-refractivity contribution in [3.05, 3.63) is 41.0 Å². The predicted octanol–water partition coefficient (Wildman–Crippen LogP) is 1.91. The molecule has 1 aliphatic heterocycles. The van der Waals surface area contributed by atoms with E-state index in [2.05, 4.69) is 0 Å². The average Bonchev–Trinajstić information content (AvgIpc) is 2.83. The van der Waals surface area contributed by atoms with Crippen molar-refractivity contribution < 1.29 is 53.1 Å². The molecule has 38 heavy (non-hydrogen) atoms. The number of aliphatic hydroxyl groups excluding tert-OH is 1. The van der Waals surface area contributed by atoms with E-state index in [0.717, 1.165) is 26.3 Å². The molecule has 11 heteroatoms. The second kappa shape index (κ2) is 12.5. The van der Waals surface area contributed by atoms with Gasteiger partial charge in [-0.2, -0.15) is 0 Å². The smallest absolute Gasteiger partial charge is 0.303 e. The van der Waals surface area contributed by atoms with Crippen LogP contribution in [0.15, 0.2) is 29.8 Å². The monoisotopic (exact) mass is 534 g/mol. The lowest BCUT2D eigenvalue weighted by molar-refractivity contribution is -0.360. The minimum Gasteiger partial charge on any atom is -0.463 e. The zero-order chi connectivity index (χ0) is 28.0. The Kier molecular flexibility index (Phi) is 9.64. The van der Waals surface area contributed by atoms with Gasteiger partial charge in [0.2, 0.25) is 11.9 Å². The number of aliphatic hydroxyl groups is 2. The first kappa shape index (κ1) is 29.3. The molecule has 0 amide bonds. The number of carbonyl (C=O) groups excluding carboxylic acids is 4. The van der Waals surface area contributed by atoms with Crippen LogP contribution < -0.4 is 0 Å². The van der Waals surface area contributed by atoms with Gasteiger partial charge in [-0.25, -0.2) is 0 Å². The Morgan fingerprint density at radius 1 is 0.921 bits per heavy atom. The molecule has 1 saturated carbocycles. The Labute approximate surface area is 220 Å². The molecule has 0 bridgehead atoms. The normalized spacial score (nSPS) is 29.1. The second-order valence-corrected chi connectivity index (χ2v) is 9.45. The molecule has 1 heterocycles. The first-order valence-corrected chi connectivity index (χ1v) is 12.4. The number of rotatable bonds is 7. The standard InChI is InChI=1S/C27H34O11/c1-15(28)34-14-23-24(35-16(2)29)25(36-17(3)30)26(37-18(4)31)27(33,38-23)22-8-6-5-7-20(22)13-19-9-11-21(32)12-10-19/h5-8,13,21,23-26,32-33H,9-12,14H2,1-4H3/t21?,23-,24-,25+,26-,27-/m1/s1. The van der Waals surface area contributed by atoms with Crippen LogP contribution in [0.3, 0.4) is 0 Å². The highest BCUT2D eigenvalue weighted by Crippen LogP contribution is 2.42. The summed E-state index contributed by atoms with van der Waals surface area (Å²) in [5, 5.41) is 22.0. The molecule has 1 aromatic rings. The van der Waals surface area contributed by atoms with Gasteiger partial charge in [0, 0.05) is 33.3 Å². The van der Waals surface area contributed by atoms with Gasteiger partial charge in [-0.15, -0.1) is 0 Å². The highest BCUT2D eigenvalue weighted by molar-refractivity contribution is 5.69. The van der Waals surface area contributed by atoms with Crippen LogP contribution in [-0.4, -0.2) is 71.2 Å². The van der Waals surface area contributed by atoms with Gasteiger partial charge >= 0.3 is 23.9 Å². The molecule has 1 aromatic carbocycles. The molecular weight excluding hydrogens is 500 g/mol. The van der Waals surface area contributed by atoms with Gasteiger partial charge in [0.05, 0.1) is 6.10 Å². The third-order valence-corrected chi connectivity index (χ3v) is 6.36. The van der Waals surface area contributed by atoms with E-state index >= 15 is 0 Å². The second-order valence-electron chi connectivity index (χ2n) is 9.45. The Balaban J connectivity index is 2.16. The van der Waals surface area contributed by atoms with Crippen molar-refractivity contribution in [3.63, 3.8) is 0 Å². The van der Waals surface area contributed by atoms with E-state index in [-0.39, 0.29) is 11.7 Å². The lowest BCUT2D eigenvalue weighted by Gasteiger charge is -2.49. The summed E-state index contributed by atoms with van der Waals surface area (Å²) in [5.74, 6) is -5.44. The summed E-state index contributed by atoms with van der Waals surface area (Å²) in [6.07, 6.45) is -1.83. The zero-order valence-electron chi connectivity index (χ0n) is 21.9. The number of esters is 4. The molecule has 5 atom stereocenters. The number of carbonyl (C=O) groups is 4. The minimum atomic E-state index is -2.41. The van der Waals surface area contributed by atoms with Crippen LogP contribution in [0, 0.1) is 0 Å². The van der Waals surface area contributed by atoms with Crippen molar-refractivity contribution in [2.45, 2.75) is 89.7 Å². The quantitative estimate of drug-likeness (QED) is 0.389. The van der Waals surface area contributed by atoms with Gasteiger partial charge in [0.1, 0.15) is 12.7 Å². The van der Waals surface area contributed by atoms with Crippen molar-refractivity contribution in [2.75, 3.05) is 6.61 Å². The average molecular weight is 535 g/mol. The first-order valence-electron chi connectivity index (χ1n) is 12.4. The summed E-state index contributed by atoms with van der Waals surface area (Å²) in [5.41, 5.74) is 1.77. The van der Waals surface area contributed by atoms with Gasteiger partial charge in [0.25, 0.3) is 0 Å². The highest BCUT2D eigenvalue weighted by Gasteiger charge is 2.60. The predicted molar refractivity (Wildman–Crippen MR) is 131 cm³/mol. The van der Waals surface area contributed by atoms with Gasteiger partial charge in [-0.05, 0) is 31.2 Å². The molecule has 208 valence electrons. The Morgan fingerprint density at radius 3 is 2.08 bits per heavy atom. The fraction of sp³-hybridized carbons (Fsp3) is 0.556. The Morgan fingerprint density at radius 2 is 1.50 bits per heavy atom. The highest BCUT2D eigenvalue weighted by atomic mass is 16.7. The SMILES string of the molecule is CC(=O)OC[C@H]1O[C@](O)(c2ccccc2C=C2CCC(O)CC2)[C@H](OC(C)=O)[C@@H](OC(C)=O)[C@@H]1OC(C)=O. The minimum absolute atomic E-state index is 0.191. The van der Waals surface area contributed by atoms with Crippen LogP contribution in [0.25, 0.3) is 6.08 Å². The summed E-state index contributed by atoms with van der Waals surface area (Å²) in [6, 6.07) is 6.70. The third-order valence-electron chi connectivity index (χ3n) is 6.36. The Bertz CT molecular complexity index is 1070. The summed E-state index contributed by atoms with van der Waals surface area (Å²) in [4.78, 5) is 47.8. The molecule has 1 saturated heterocycles. The molecule has 11 nitrogen and oxygen atoms in total. The van der Waals surface area contributed by atoms with Crippen molar-refractivity contribution in [3.8, 4) is 0 Å². The van der Waals surface area contributed by atoms with Gasteiger partial charge < -0.3 is 33.9 Å². The van der Waals surface area contributed by atoms with E-state index in [4.69, 9.17) is 23.7 Å². The van der Waals surface area contributed by atoms with Gasteiger partial charge in [-0.1, -0.05) is 35.9 Å². The molecule has 1 aliphatic carbocycles. The van der Waals surface area contributed by atoms with Crippen molar-refractivity contribution in [2.24, 2.45) is 0 Å². The molecule has 0 spiro atoms. The van der Waals surface area contributed by atoms with Gasteiger partial charge in [0.15, 0.2) is 12.2 Å². The van der Waals surface area contributed by atoms with Crippen LogP contribution in [0.2, 0.25) is 0 Å². The molecule has 3 rings (SSSR count). The zero-order valence-corrected chi connectivity index (χ0v) is 21.9. The van der Waals surface area contributed by atoms with Crippen LogP contribution >= 0.6 is 0 Å². The van der Waals surface area contributed by atoms with E-state index in [9.17, 15) is 29.4 Å². The van der Waals surface area contributed by atoms with E-state index in [1.165, 1.54) is 6.92 Å². The molecular formula is C27H34O11. The van der Waals surface area contributed by atoms with E-state index in [1.807, 2.05) is 6.08 Å². The lowest BCUT2D eigenvalue weighted by atomic mass is 9.84. The van der Waals surface area contributed by atoms with Crippen LogP contribution in [-0.2, 0) is 48.6 Å². The number of benzene rings is 1. The molecule has 2 fully saturated rings. The number of ether oxygens (including phenoxy) is 5. The summed E-state index contributed by atoms with van der Waals surface area (Å²) in [6.45, 7) is 4.06. The maximum atomic E-state index is 12.2. The van der Waals surface area contributed by atoms with E-state index < -0.39 is 60.7 Å². The van der Waals surface area contributed by atoms with E-state index in [0.29, 0.717) is 31.2 Å². The number of allylic oxidation sites excluding steroid dienone is 1. The summed E-state index contributed by atoms with van der Waals surface area (Å²) < 4.78 is 27.5. The number of hydrogen-bond acceptors (Lipinski definition) is 11. The van der Waals surface area contributed by atoms with Crippen LogP contribution in [0.4, 0.5) is 0 Å². The molecule has 0 unspecified atom stereocenters. The summed E-state index contributed by atoms with van der Waals surface area (Å²) >= 11 is 0. The molecule has 0 radical (unpaired) electrons. The lowest BCUT2D eigenvalue weighted by Crippen LogP contribution is -2.66. The van der Waals surface area contributed by atoms with Crippen molar-refractivity contribution in [1.29, 1.82) is 0 Å². The fourth-order valence-electron chi connectivity index (χ4n) is 4.78. The molecule has 0 aromatic heterocycles. The van der Waals surface area contributed by atoms with Gasteiger partial charge in [-0.3, -0.25) is 19.2 Å². The topological polar surface area (TPSA) is 155 Å². The van der Waals surface area contributed by atoms with Crippen LogP contribution in [0.1, 0.15) is 64.5 Å². The third kappa shape index (κ3) is 7.18. The van der Waals surface area contributed by atoms with Crippen molar-refractivity contribution in [1.82, 2.24) is 0 Å². The fourth-order valence-corrected chi connectivity index (χ4v) is 4.78. The van der Waals surface area contributed by atoms with E-state index in [1.54, 1.807) is 24.3 Å². The maximum absolute atomic E-state index is 12.2.